The van der Waals surface area contributed by atoms with Gasteiger partial charge in [-0.3, -0.25) is 4.79 Å². The zero-order chi connectivity index (χ0) is 22.7. The first kappa shape index (κ1) is 27.9. The van der Waals surface area contributed by atoms with Crippen LogP contribution in [-0.2, 0) is 28.5 Å². The summed E-state index contributed by atoms with van der Waals surface area (Å²) in [5.74, 6) is 0.564. The van der Waals surface area contributed by atoms with Gasteiger partial charge in [-0.2, -0.15) is 0 Å². The lowest BCUT2D eigenvalue weighted by atomic mass is 9.81. The van der Waals surface area contributed by atoms with Crippen LogP contribution in [0.4, 0.5) is 0 Å². The van der Waals surface area contributed by atoms with Crippen LogP contribution in [0, 0.1) is 11.3 Å². The fourth-order valence-electron chi connectivity index (χ4n) is 2.85. The second kappa shape index (κ2) is 13.2. The van der Waals surface area contributed by atoms with Crippen molar-refractivity contribution in [2.45, 2.75) is 99.8 Å². The van der Waals surface area contributed by atoms with E-state index in [0.29, 0.717) is 38.2 Å². The van der Waals surface area contributed by atoms with Gasteiger partial charge in [0, 0.05) is 26.1 Å². The van der Waals surface area contributed by atoms with Crippen LogP contribution in [0.5, 0.6) is 0 Å². The highest BCUT2D eigenvalue weighted by Gasteiger charge is 2.36. The number of rotatable bonds is 16. The van der Waals surface area contributed by atoms with Crippen molar-refractivity contribution in [3.8, 4) is 0 Å². The van der Waals surface area contributed by atoms with Crippen LogP contribution in [0.1, 0.15) is 81.6 Å². The molecule has 0 N–H and O–H groups in total. The van der Waals surface area contributed by atoms with Crippen LogP contribution in [-0.4, -0.2) is 44.0 Å². The molecule has 0 aliphatic carbocycles. The van der Waals surface area contributed by atoms with E-state index in [0.717, 1.165) is 0 Å². The van der Waals surface area contributed by atoms with Gasteiger partial charge >= 0.3 is 5.97 Å². The number of carbonyl (C=O) groups is 1. The van der Waals surface area contributed by atoms with Gasteiger partial charge in [-0.1, -0.05) is 27.4 Å². The molecule has 0 bridgehead atoms. The third kappa shape index (κ3) is 9.96. The van der Waals surface area contributed by atoms with Gasteiger partial charge in [-0.05, 0) is 53.9 Å². The molecule has 0 aliphatic rings. The molecule has 6 heteroatoms. The average Bonchev–Trinajstić information content (AvgIpc) is 2.61. The van der Waals surface area contributed by atoms with E-state index in [2.05, 4.69) is 6.58 Å². The average molecular weight is 417 g/mol. The van der Waals surface area contributed by atoms with Crippen molar-refractivity contribution in [2.75, 3.05) is 19.8 Å². The summed E-state index contributed by atoms with van der Waals surface area (Å²) in [5, 5.41) is 0. The van der Waals surface area contributed by atoms with Gasteiger partial charge in [0.25, 0.3) is 0 Å². The third-order valence-electron chi connectivity index (χ3n) is 5.48. The van der Waals surface area contributed by atoms with E-state index in [1.165, 1.54) is 0 Å². The normalized spacial score (nSPS) is 16.2. The van der Waals surface area contributed by atoms with Gasteiger partial charge in [-0.25, -0.2) is 0 Å². The van der Waals surface area contributed by atoms with Crippen LogP contribution < -0.4 is 0 Å². The maximum Gasteiger partial charge on any atom is 0.311 e. The van der Waals surface area contributed by atoms with Crippen molar-refractivity contribution in [3.63, 3.8) is 0 Å². The van der Waals surface area contributed by atoms with E-state index in [9.17, 15) is 4.79 Å². The zero-order valence-electron chi connectivity index (χ0n) is 20.1. The van der Waals surface area contributed by atoms with E-state index >= 15 is 0 Å². The second-order valence-corrected chi connectivity index (χ2v) is 8.30. The van der Waals surface area contributed by atoms with Gasteiger partial charge in [0.2, 0.25) is 0 Å². The Labute approximate surface area is 178 Å². The smallest absolute Gasteiger partial charge is 0.311 e. The predicted molar refractivity (Wildman–Crippen MR) is 115 cm³/mol. The standard InChI is InChI=1S/C23H44O6/c1-11-23(29-20(8)26-13-3,16-18(6)28-19(7)25-12-2)14-15-27-21(24)22(9,10)17(4)5/h17,19-20H,6,11-16H2,1-5,7-10H3. The first-order chi connectivity index (χ1) is 13.4. The number of hydrogen-bond donors (Lipinski definition) is 0. The molecule has 0 spiro atoms. The number of esters is 1. The molecule has 0 aromatic heterocycles. The Hall–Kier alpha value is -1.11. The van der Waals surface area contributed by atoms with E-state index < -0.39 is 11.0 Å². The van der Waals surface area contributed by atoms with Crippen molar-refractivity contribution in [3.05, 3.63) is 12.3 Å². The highest BCUT2D eigenvalue weighted by Crippen LogP contribution is 2.32. The summed E-state index contributed by atoms with van der Waals surface area (Å²) < 4.78 is 28.7. The van der Waals surface area contributed by atoms with Gasteiger partial charge < -0.3 is 23.7 Å². The molecular formula is C23H44O6. The second-order valence-electron chi connectivity index (χ2n) is 8.30. The molecule has 29 heavy (non-hydrogen) atoms. The molecule has 0 radical (unpaired) electrons. The number of hydrogen-bond acceptors (Lipinski definition) is 6. The molecule has 0 heterocycles. The molecule has 3 atom stereocenters. The molecule has 0 saturated heterocycles. The van der Waals surface area contributed by atoms with Crippen molar-refractivity contribution < 1.29 is 28.5 Å². The van der Waals surface area contributed by atoms with Crippen LogP contribution in [0.2, 0.25) is 0 Å². The summed E-state index contributed by atoms with van der Waals surface area (Å²) in [7, 11) is 0. The molecule has 0 aliphatic heterocycles. The SMILES string of the molecule is C=C(CC(CC)(CCOC(=O)C(C)(C)C(C)C)OC(C)OCC)OC(C)OCC. The van der Waals surface area contributed by atoms with Gasteiger partial charge in [0.15, 0.2) is 12.6 Å². The predicted octanol–water partition coefficient (Wildman–Crippen LogP) is 5.45. The lowest BCUT2D eigenvalue weighted by molar-refractivity contribution is -0.212. The van der Waals surface area contributed by atoms with E-state index in [1.807, 2.05) is 62.3 Å². The number of ether oxygens (including phenoxy) is 5. The molecule has 0 saturated carbocycles. The Bertz CT molecular complexity index is 488. The molecule has 0 fully saturated rings. The molecule has 0 amide bonds. The van der Waals surface area contributed by atoms with E-state index in [4.69, 9.17) is 23.7 Å². The fraction of sp³-hybridized carbons (Fsp3) is 0.870. The van der Waals surface area contributed by atoms with Crippen molar-refractivity contribution in [2.24, 2.45) is 11.3 Å². The maximum absolute atomic E-state index is 12.5. The molecule has 172 valence electrons. The minimum absolute atomic E-state index is 0.188. The first-order valence-corrected chi connectivity index (χ1v) is 10.9. The lowest BCUT2D eigenvalue weighted by Gasteiger charge is -2.36. The number of carbonyl (C=O) groups excluding carboxylic acids is 1. The summed E-state index contributed by atoms with van der Waals surface area (Å²) >= 11 is 0. The van der Waals surface area contributed by atoms with Crippen LogP contribution in [0.15, 0.2) is 12.3 Å². The zero-order valence-corrected chi connectivity index (χ0v) is 20.1. The quantitative estimate of drug-likeness (QED) is 0.189. The fourth-order valence-corrected chi connectivity index (χ4v) is 2.85. The highest BCUT2D eigenvalue weighted by atomic mass is 16.7. The largest absolute Gasteiger partial charge is 0.470 e. The van der Waals surface area contributed by atoms with Crippen molar-refractivity contribution >= 4 is 5.97 Å². The maximum atomic E-state index is 12.5. The van der Waals surface area contributed by atoms with Crippen molar-refractivity contribution in [1.29, 1.82) is 0 Å². The topological polar surface area (TPSA) is 63.2 Å². The summed E-state index contributed by atoms with van der Waals surface area (Å²) in [6, 6.07) is 0. The van der Waals surface area contributed by atoms with Crippen molar-refractivity contribution in [1.82, 2.24) is 0 Å². The molecule has 0 aromatic carbocycles. The van der Waals surface area contributed by atoms with E-state index in [-0.39, 0.29) is 31.1 Å². The lowest BCUT2D eigenvalue weighted by Crippen LogP contribution is -2.40. The Morgan fingerprint density at radius 3 is 2.00 bits per heavy atom. The van der Waals surface area contributed by atoms with Gasteiger partial charge in [-0.15, -0.1) is 0 Å². The summed E-state index contributed by atoms with van der Waals surface area (Å²) in [5.41, 5.74) is -1.15. The third-order valence-corrected chi connectivity index (χ3v) is 5.48. The van der Waals surface area contributed by atoms with Crippen LogP contribution >= 0.6 is 0 Å². The Morgan fingerprint density at radius 2 is 1.52 bits per heavy atom. The molecule has 0 rings (SSSR count). The molecule has 0 aromatic rings. The van der Waals surface area contributed by atoms with Gasteiger partial charge in [0.1, 0.15) is 0 Å². The van der Waals surface area contributed by atoms with E-state index in [1.54, 1.807) is 0 Å². The summed E-state index contributed by atoms with van der Waals surface area (Å²) in [4.78, 5) is 12.5. The van der Waals surface area contributed by atoms with Crippen LogP contribution in [0.3, 0.4) is 0 Å². The molecule has 3 unspecified atom stereocenters. The molecule has 6 nitrogen and oxygen atoms in total. The summed E-state index contributed by atoms with van der Waals surface area (Å²) in [6.07, 6.45) is 0.910. The molecular weight excluding hydrogens is 372 g/mol. The minimum Gasteiger partial charge on any atom is -0.470 e. The summed E-state index contributed by atoms with van der Waals surface area (Å²) in [6.45, 7) is 22.9. The first-order valence-electron chi connectivity index (χ1n) is 10.9. The Morgan fingerprint density at radius 1 is 0.966 bits per heavy atom. The highest BCUT2D eigenvalue weighted by molar-refractivity contribution is 5.76. The minimum atomic E-state index is -0.611. The van der Waals surface area contributed by atoms with Gasteiger partial charge in [0.05, 0.1) is 23.4 Å². The Kier molecular flexibility index (Phi) is 12.7. The van der Waals surface area contributed by atoms with Crippen LogP contribution in [0.25, 0.3) is 0 Å². The monoisotopic (exact) mass is 416 g/mol. The Balaban J connectivity index is 5.16.